The van der Waals surface area contributed by atoms with Crippen LogP contribution >= 0.6 is 0 Å². The Balaban J connectivity index is 1.40. The van der Waals surface area contributed by atoms with Crippen LogP contribution in [0.3, 0.4) is 0 Å². The van der Waals surface area contributed by atoms with Crippen molar-refractivity contribution in [2.45, 2.75) is 164 Å². The van der Waals surface area contributed by atoms with E-state index in [1.807, 2.05) is 13.8 Å². The maximum Gasteiger partial charge on any atom is 0.309 e. The lowest BCUT2D eigenvalue weighted by molar-refractivity contribution is -0.246. The van der Waals surface area contributed by atoms with Crippen LogP contribution in [-0.2, 0) is 23.9 Å². The van der Waals surface area contributed by atoms with Crippen molar-refractivity contribution >= 4 is 23.8 Å². The van der Waals surface area contributed by atoms with Crippen molar-refractivity contribution in [2.75, 3.05) is 0 Å². The van der Waals surface area contributed by atoms with E-state index in [0.717, 1.165) is 64.2 Å². The molecule has 282 valence electrons. The summed E-state index contributed by atoms with van der Waals surface area (Å²) >= 11 is 0. The van der Waals surface area contributed by atoms with Gasteiger partial charge in [-0.05, 0) is 136 Å². The molecule has 0 unspecified atom stereocenters. The lowest BCUT2D eigenvalue weighted by atomic mass is 9.32. The summed E-state index contributed by atoms with van der Waals surface area (Å²) in [7, 11) is 0. The molecule has 1 amide bonds. The molecule has 0 radical (unpaired) electrons. The minimum atomic E-state index is -1.16. The van der Waals surface area contributed by atoms with E-state index in [9.17, 15) is 29.4 Å². The highest BCUT2D eigenvalue weighted by atomic mass is 16.5. The Morgan fingerprint density at radius 1 is 0.780 bits per heavy atom. The van der Waals surface area contributed by atoms with Gasteiger partial charge in [0.25, 0.3) is 0 Å². The molecule has 5 saturated carbocycles. The van der Waals surface area contributed by atoms with Crippen LogP contribution < -0.4 is 5.32 Å². The zero-order valence-electron chi connectivity index (χ0n) is 32.8. The van der Waals surface area contributed by atoms with E-state index < -0.39 is 28.7 Å². The quantitative estimate of drug-likeness (QED) is 0.154. The topological polar surface area (TPSA) is 130 Å². The summed E-state index contributed by atoms with van der Waals surface area (Å²) in [5.74, 6) is -0.262. The van der Waals surface area contributed by atoms with E-state index in [4.69, 9.17) is 4.74 Å². The summed E-state index contributed by atoms with van der Waals surface area (Å²) in [4.78, 5) is 50.0. The zero-order valence-corrected chi connectivity index (χ0v) is 32.8. The van der Waals surface area contributed by atoms with Crippen molar-refractivity contribution in [3.05, 3.63) is 12.2 Å². The van der Waals surface area contributed by atoms with Gasteiger partial charge in [0.1, 0.15) is 6.10 Å². The average molecular weight is 698 g/mol. The number of fused-ring (bicyclic) bond motifs is 7. The molecule has 5 fully saturated rings. The van der Waals surface area contributed by atoms with Gasteiger partial charge in [-0.3, -0.25) is 19.2 Å². The first kappa shape index (κ1) is 38.8. The Morgan fingerprint density at radius 2 is 1.44 bits per heavy atom. The molecule has 50 heavy (non-hydrogen) atoms. The third kappa shape index (κ3) is 6.24. The molecule has 0 saturated heterocycles. The lowest BCUT2D eigenvalue weighted by Gasteiger charge is -2.73. The van der Waals surface area contributed by atoms with Crippen LogP contribution in [0.1, 0.15) is 153 Å². The number of carboxylic acid groups (broad SMARTS) is 2. The number of allylic oxidation sites excluding steroid dienone is 1. The molecule has 10 atom stereocenters. The van der Waals surface area contributed by atoms with Crippen molar-refractivity contribution in [1.82, 2.24) is 5.32 Å². The van der Waals surface area contributed by atoms with E-state index in [1.165, 1.54) is 5.57 Å². The van der Waals surface area contributed by atoms with E-state index in [1.54, 1.807) is 13.8 Å². The Hall–Kier alpha value is -2.38. The second-order valence-corrected chi connectivity index (χ2v) is 20.5. The Morgan fingerprint density at radius 3 is 2.04 bits per heavy atom. The van der Waals surface area contributed by atoms with Crippen LogP contribution in [0, 0.1) is 62.1 Å². The third-order valence-corrected chi connectivity index (χ3v) is 16.1. The summed E-state index contributed by atoms with van der Waals surface area (Å²) < 4.78 is 6.15. The molecule has 0 heterocycles. The third-order valence-electron chi connectivity index (χ3n) is 16.1. The maximum atomic E-state index is 13.7. The Bertz CT molecular complexity index is 1410. The predicted octanol–water partition coefficient (Wildman–Crippen LogP) is 8.82. The molecule has 0 aromatic heterocycles. The van der Waals surface area contributed by atoms with Crippen molar-refractivity contribution in [3.8, 4) is 0 Å². The highest BCUT2D eigenvalue weighted by Crippen LogP contribution is 2.76. The predicted molar refractivity (Wildman–Crippen MR) is 194 cm³/mol. The van der Waals surface area contributed by atoms with Gasteiger partial charge in [0, 0.05) is 17.4 Å². The fourth-order valence-corrected chi connectivity index (χ4v) is 13.4. The number of hydrogen-bond acceptors (Lipinski definition) is 5. The Labute approximate surface area is 301 Å². The average Bonchev–Trinajstić information content (AvgIpc) is 3.33. The lowest BCUT2D eigenvalue weighted by Crippen LogP contribution is -2.69. The summed E-state index contributed by atoms with van der Waals surface area (Å²) in [5, 5.41) is 22.6. The van der Waals surface area contributed by atoms with E-state index >= 15 is 0 Å². The molecule has 8 nitrogen and oxygen atoms in total. The SMILES string of the molecule is C=C(C)[C@@H]1CC[C@]2(NC(=O)CC(C)(C)CC(=O)O)CC[C@]3(C)[C@H](CC[C@@H]4[C@@]5(C)CC[C@H](OC(=O)CC(C)(C)C(=O)O)C(C)(C)[C@@H]5CC[C@]43C)[C@@H]12. The first-order valence-corrected chi connectivity index (χ1v) is 19.5. The summed E-state index contributed by atoms with van der Waals surface area (Å²) in [6.07, 6.45) is 10.0. The molecule has 3 N–H and O–H groups in total. The molecule has 5 aliphatic carbocycles. The zero-order chi connectivity index (χ0) is 37.5. The van der Waals surface area contributed by atoms with Gasteiger partial charge < -0.3 is 20.3 Å². The number of aliphatic carboxylic acids is 2. The fourth-order valence-electron chi connectivity index (χ4n) is 13.4. The minimum Gasteiger partial charge on any atom is -0.481 e. The first-order valence-electron chi connectivity index (χ1n) is 19.5. The van der Waals surface area contributed by atoms with Crippen LogP contribution in [0.25, 0.3) is 0 Å². The van der Waals surface area contributed by atoms with Gasteiger partial charge >= 0.3 is 17.9 Å². The van der Waals surface area contributed by atoms with Gasteiger partial charge in [-0.1, -0.05) is 60.6 Å². The highest BCUT2D eigenvalue weighted by molar-refractivity contribution is 5.81. The molecule has 0 aromatic rings. The number of carbonyl (C=O) groups excluding carboxylic acids is 2. The largest absolute Gasteiger partial charge is 0.481 e. The maximum absolute atomic E-state index is 13.7. The summed E-state index contributed by atoms with van der Waals surface area (Å²) in [6.45, 7) is 25.8. The number of esters is 1. The summed E-state index contributed by atoms with van der Waals surface area (Å²) in [5.41, 5.74) is -0.767. The first-order chi connectivity index (χ1) is 22.9. The summed E-state index contributed by atoms with van der Waals surface area (Å²) in [6, 6.07) is 0. The number of carboxylic acids is 2. The van der Waals surface area contributed by atoms with Crippen molar-refractivity contribution in [1.29, 1.82) is 0 Å². The number of hydrogen-bond donors (Lipinski definition) is 3. The van der Waals surface area contributed by atoms with Gasteiger partial charge in [0.15, 0.2) is 0 Å². The molecule has 0 aliphatic heterocycles. The van der Waals surface area contributed by atoms with E-state index in [-0.39, 0.29) is 58.5 Å². The number of carbonyl (C=O) groups is 4. The number of nitrogens with one attached hydrogen (secondary N) is 1. The molecule has 0 spiro atoms. The smallest absolute Gasteiger partial charge is 0.309 e. The Kier molecular flexibility index (Phi) is 9.82. The standard InChI is InChI=1S/C42H67NO7/c1-25(2)26-14-19-42(43-31(44)22-36(3,4)23-32(45)46)21-20-40(10)27(34(26)42)12-13-29-39(9)17-16-30(50-33(47)24-37(5,6)35(48)49)38(7,8)28(39)15-18-41(29,40)11/h26-30,34H,1,12-24H2,2-11H3,(H,43,44)(H,45,46)(H,48,49)/t26-,27+,28-,29+,30-,34+,39-,40+,41+,42-/m0/s1. The normalized spacial score (nSPS) is 40.7. The molecular weight excluding hydrogens is 630 g/mol. The van der Waals surface area contributed by atoms with Crippen LogP contribution in [-0.4, -0.2) is 45.7 Å². The van der Waals surface area contributed by atoms with Crippen molar-refractivity contribution < 1.29 is 34.1 Å². The van der Waals surface area contributed by atoms with Crippen LogP contribution in [0.4, 0.5) is 0 Å². The highest BCUT2D eigenvalue weighted by Gasteiger charge is 2.71. The van der Waals surface area contributed by atoms with E-state index in [0.29, 0.717) is 29.6 Å². The number of amides is 1. The minimum absolute atomic E-state index is 0.0219. The molecule has 0 bridgehead atoms. The second kappa shape index (κ2) is 12.6. The van der Waals surface area contributed by atoms with Crippen LogP contribution in [0.2, 0.25) is 0 Å². The van der Waals surface area contributed by atoms with Gasteiger partial charge in [-0.15, -0.1) is 0 Å². The van der Waals surface area contributed by atoms with Crippen LogP contribution in [0.15, 0.2) is 12.2 Å². The van der Waals surface area contributed by atoms with Gasteiger partial charge in [-0.2, -0.15) is 0 Å². The molecule has 5 aliphatic rings. The molecular formula is C42H67NO7. The van der Waals surface area contributed by atoms with Crippen LogP contribution in [0.5, 0.6) is 0 Å². The molecule has 8 heteroatoms. The fraction of sp³-hybridized carbons (Fsp3) is 0.857. The number of ether oxygens (including phenoxy) is 1. The van der Waals surface area contributed by atoms with E-state index in [2.05, 4.69) is 53.4 Å². The van der Waals surface area contributed by atoms with Crippen molar-refractivity contribution in [3.63, 3.8) is 0 Å². The second-order valence-electron chi connectivity index (χ2n) is 20.5. The number of rotatable bonds is 10. The van der Waals surface area contributed by atoms with Crippen molar-refractivity contribution in [2.24, 2.45) is 62.1 Å². The monoisotopic (exact) mass is 697 g/mol. The molecule has 0 aromatic carbocycles. The van der Waals surface area contributed by atoms with Gasteiger partial charge in [-0.25, -0.2) is 0 Å². The van der Waals surface area contributed by atoms with Gasteiger partial charge in [0.05, 0.1) is 18.3 Å². The van der Waals surface area contributed by atoms with Gasteiger partial charge in [0.2, 0.25) is 5.91 Å². The molecule has 5 rings (SSSR count).